The van der Waals surface area contributed by atoms with Crippen LogP contribution in [0.5, 0.6) is 0 Å². The number of ether oxygens (including phenoxy) is 2. The van der Waals surface area contributed by atoms with Crippen LogP contribution in [-0.2, 0) is 14.3 Å². The number of nitrogens with zero attached hydrogens (tertiary/aromatic N) is 2. The average Bonchev–Trinajstić information content (AvgIpc) is 2.94. The van der Waals surface area contributed by atoms with Gasteiger partial charge in [-0.25, -0.2) is 4.79 Å². The standard InChI is InChI=1S/C15H20N4O6/c1-24-8-11-10(21)5-13(25-11)19-6-9(14(16)18-15(19)23)3-2-4-17-12(22)7-20/h6,10-11,13,20-21H,4-5,7-8H2,1H3,(H,17,22)(H2,16,18,23). The number of hydrogen-bond acceptors (Lipinski definition) is 8. The molecule has 1 aliphatic rings. The SMILES string of the molecule is COCC1OC(n2cc(C#CCNC(=O)CO)c(N)nc2=O)CC1O. The van der Waals surface area contributed by atoms with Gasteiger partial charge in [-0.15, -0.1) is 0 Å². The Morgan fingerprint density at radius 1 is 1.64 bits per heavy atom. The summed E-state index contributed by atoms with van der Waals surface area (Å²) < 4.78 is 11.8. The van der Waals surface area contributed by atoms with Gasteiger partial charge in [0.15, 0.2) is 0 Å². The van der Waals surface area contributed by atoms with E-state index in [9.17, 15) is 14.7 Å². The van der Waals surface area contributed by atoms with Crippen molar-refractivity contribution in [1.29, 1.82) is 0 Å². The van der Waals surface area contributed by atoms with E-state index in [4.69, 9.17) is 20.3 Å². The zero-order valence-corrected chi connectivity index (χ0v) is 13.6. The molecule has 2 heterocycles. The number of nitrogen functional groups attached to an aromatic ring is 1. The van der Waals surface area contributed by atoms with Gasteiger partial charge in [-0.3, -0.25) is 9.36 Å². The molecule has 0 aromatic carbocycles. The Labute approximate surface area is 143 Å². The highest BCUT2D eigenvalue weighted by molar-refractivity contribution is 5.77. The smallest absolute Gasteiger partial charge is 0.351 e. The first kappa shape index (κ1) is 18.9. The van der Waals surface area contributed by atoms with Crippen molar-refractivity contribution < 1.29 is 24.5 Å². The molecule has 10 nitrogen and oxygen atoms in total. The van der Waals surface area contributed by atoms with Gasteiger partial charge < -0.3 is 30.7 Å². The molecular weight excluding hydrogens is 332 g/mol. The monoisotopic (exact) mass is 352 g/mol. The number of hydrogen-bond donors (Lipinski definition) is 4. The highest BCUT2D eigenvalue weighted by Gasteiger charge is 2.35. The van der Waals surface area contributed by atoms with E-state index in [1.54, 1.807) is 0 Å². The first-order chi connectivity index (χ1) is 12.0. The lowest BCUT2D eigenvalue weighted by molar-refractivity contribution is -0.123. The predicted molar refractivity (Wildman–Crippen MR) is 86.3 cm³/mol. The van der Waals surface area contributed by atoms with E-state index >= 15 is 0 Å². The van der Waals surface area contributed by atoms with Crippen molar-refractivity contribution in [3.05, 3.63) is 22.2 Å². The number of rotatable bonds is 5. The van der Waals surface area contributed by atoms with Crippen LogP contribution in [0.15, 0.2) is 11.0 Å². The molecule has 10 heteroatoms. The summed E-state index contributed by atoms with van der Waals surface area (Å²) >= 11 is 0. The van der Waals surface area contributed by atoms with Gasteiger partial charge in [-0.2, -0.15) is 4.98 Å². The normalized spacial score (nSPS) is 22.3. The van der Waals surface area contributed by atoms with Crippen molar-refractivity contribution in [3.63, 3.8) is 0 Å². The van der Waals surface area contributed by atoms with Crippen molar-refractivity contribution in [1.82, 2.24) is 14.9 Å². The second kappa shape index (κ2) is 8.59. The first-order valence-corrected chi connectivity index (χ1v) is 7.53. The van der Waals surface area contributed by atoms with Crippen LogP contribution in [0.4, 0.5) is 5.82 Å². The van der Waals surface area contributed by atoms with Crippen molar-refractivity contribution in [2.45, 2.75) is 24.9 Å². The number of amides is 1. The lowest BCUT2D eigenvalue weighted by Gasteiger charge is -2.15. The maximum atomic E-state index is 12.1. The summed E-state index contributed by atoms with van der Waals surface area (Å²) in [6.45, 7) is -0.418. The summed E-state index contributed by atoms with van der Waals surface area (Å²) in [6, 6.07) is 0. The highest BCUT2D eigenvalue weighted by Crippen LogP contribution is 2.28. The Morgan fingerprint density at radius 2 is 2.40 bits per heavy atom. The van der Waals surface area contributed by atoms with Crippen LogP contribution in [-0.4, -0.2) is 64.7 Å². The number of carbonyl (C=O) groups excluding carboxylic acids is 1. The van der Waals surface area contributed by atoms with E-state index in [0.29, 0.717) is 0 Å². The predicted octanol–water partition coefficient (Wildman–Crippen LogP) is -2.42. The molecule has 2 rings (SSSR count). The van der Waals surface area contributed by atoms with Crippen molar-refractivity contribution in [3.8, 4) is 11.8 Å². The van der Waals surface area contributed by atoms with Gasteiger partial charge in [0.2, 0.25) is 5.91 Å². The first-order valence-electron chi connectivity index (χ1n) is 7.53. The van der Waals surface area contributed by atoms with Crippen molar-refractivity contribution in [2.75, 3.05) is 32.6 Å². The van der Waals surface area contributed by atoms with E-state index in [0.717, 1.165) is 0 Å². The summed E-state index contributed by atoms with van der Waals surface area (Å²) in [5, 5.41) is 20.9. The lowest BCUT2D eigenvalue weighted by Crippen LogP contribution is -2.29. The molecule has 0 aliphatic carbocycles. The molecule has 1 saturated heterocycles. The van der Waals surface area contributed by atoms with Gasteiger partial charge in [0.25, 0.3) is 0 Å². The van der Waals surface area contributed by atoms with Gasteiger partial charge in [0.05, 0.1) is 24.8 Å². The number of methoxy groups -OCH3 is 1. The molecule has 0 bridgehead atoms. The third-order valence-corrected chi connectivity index (χ3v) is 3.57. The fraction of sp³-hybridized carbons (Fsp3) is 0.533. The van der Waals surface area contributed by atoms with Crippen LogP contribution in [0.25, 0.3) is 0 Å². The molecule has 0 spiro atoms. The molecule has 25 heavy (non-hydrogen) atoms. The Kier molecular flexibility index (Phi) is 6.49. The Balaban J connectivity index is 2.17. The van der Waals surface area contributed by atoms with Crippen LogP contribution in [0.1, 0.15) is 18.2 Å². The highest BCUT2D eigenvalue weighted by atomic mass is 16.6. The fourth-order valence-corrected chi connectivity index (χ4v) is 2.32. The van der Waals surface area contributed by atoms with E-state index in [1.807, 2.05) is 0 Å². The van der Waals surface area contributed by atoms with Gasteiger partial charge in [0, 0.05) is 19.7 Å². The maximum Gasteiger partial charge on any atom is 0.351 e. The zero-order chi connectivity index (χ0) is 18.4. The third-order valence-electron chi connectivity index (χ3n) is 3.57. The van der Waals surface area contributed by atoms with Crippen LogP contribution in [0.3, 0.4) is 0 Å². The maximum absolute atomic E-state index is 12.1. The number of nitrogens with two attached hydrogens (primary N) is 1. The average molecular weight is 352 g/mol. The summed E-state index contributed by atoms with van der Waals surface area (Å²) in [4.78, 5) is 26.7. The van der Waals surface area contributed by atoms with Crippen LogP contribution in [0.2, 0.25) is 0 Å². The molecule has 3 unspecified atom stereocenters. The Morgan fingerprint density at radius 3 is 3.08 bits per heavy atom. The minimum Gasteiger partial charge on any atom is -0.390 e. The molecule has 1 fully saturated rings. The van der Waals surface area contributed by atoms with E-state index in [-0.39, 0.29) is 31.0 Å². The van der Waals surface area contributed by atoms with Crippen LogP contribution >= 0.6 is 0 Å². The molecule has 136 valence electrons. The number of anilines is 1. The molecule has 1 aliphatic heterocycles. The Hall–Kier alpha value is -2.45. The van der Waals surface area contributed by atoms with Crippen molar-refractivity contribution >= 4 is 11.7 Å². The van der Waals surface area contributed by atoms with Gasteiger partial charge >= 0.3 is 5.69 Å². The van der Waals surface area contributed by atoms with Crippen LogP contribution in [0, 0.1) is 11.8 Å². The minimum atomic E-state index is -0.766. The molecule has 1 amide bonds. The Bertz CT molecular complexity index is 738. The number of nitrogens with one attached hydrogen (secondary N) is 1. The number of aliphatic hydroxyl groups is 2. The van der Waals surface area contributed by atoms with E-state index < -0.39 is 36.6 Å². The largest absolute Gasteiger partial charge is 0.390 e. The summed E-state index contributed by atoms with van der Waals surface area (Å²) in [5.41, 5.74) is 5.36. The minimum absolute atomic E-state index is 0.00646. The molecular formula is C15H20N4O6. The fourth-order valence-electron chi connectivity index (χ4n) is 2.32. The van der Waals surface area contributed by atoms with Gasteiger partial charge in [-0.1, -0.05) is 11.8 Å². The molecule has 5 N–H and O–H groups in total. The summed E-state index contributed by atoms with van der Waals surface area (Å²) in [7, 11) is 1.49. The lowest BCUT2D eigenvalue weighted by atomic mass is 10.2. The summed E-state index contributed by atoms with van der Waals surface area (Å²) in [5.74, 6) is 4.74. The third kappa shape index (κ3) is 4.77. The quantitative estimate of drug-likeness (QED) is 0.428. The molecule has 0 saturated carbocycles. The topological polar surface area (TPSA) is 149 Å². The second-order valence-electron chi connectivity index (χ2n) is 5.35. The van der Waals surface area contributed by atoms with Gasteiger partial charge in [-0.05, 0) is 0 Å². The van der Waals surface area contributed by atoms with Gasteiger partial charge in [0.1, 0.15) is 24.8 Å². The molecule has 1 aromatic heterocycles. The van der Waals surface area contributed by atoms with Crippen molar-refractivity contribution in [2.24, 2.45) is 0 Å². The number of aromatic nitrogens is 2. The second-order valence-corrected chi connectivity index (χ2v) is 5.35. The van der Waals surface area contributed by atoms with E-state index in [2.05, 4.69) is 22.1 Å². The molecule has 0 radical (unpaired) electrons. The number of carbonyl (C=O) groups is 1. The zero-order valence-electron chi connectivity index (χ0n) is 13.6. The van der Waals surface area contributed by atoms with E-state index in [1.165, 1.54) is 17.9 Å². The number of aliphatic hydroxyl groups excluding tert-OH is 2. The molecule has 3 atom stereocenters. The molecule has 1 aromatic rings. The summed E-state index contributed by atoms with van der Waals surface area (Å²) in [6.07, 6.45) is -0.400. The van der Waals surface area contributed by atoms with Crippen LogP contribution < -0.4 is 16.7 Å².